The van der Waals surface area contributed by atoms with Crippen molar-refractivity contribution in [2.45, 2.75) is 11.8 Å². The minimum Gasteiger partial charge on any atom is -0.398 e. The summed E-state index contributed by atoms with van der Waals surface area (Å²) in [5.74, 6) is -0.324. The smallest absolute Gasteiger partial charge is 0.136 e. The summed E-state index contributed by atoms with van der Waals surface area (Å²) in [6.07, 6.45) is 0. The molecular weight excluding hydrogens is 149 g/mol. The number of benzene rings is 1. The van der Waals surface area contributed by atoms with Crippen molar-refractivity contribution < 1.29 is 4.39 Å². The number of thiol groups is 1. The molecule has 1 nitrogen and oxygen atoms in total. The fourth-order valence-electron chi connectivity index (χ4n) is 0.677. The second-order valence-corrected chi connectivity index (χ2v) is 2.64. The predicted octanol–water partition coefficient (Wildman–Crippen LogP) is 2.01. The lowest BCUT2D eigenvalue weighted by molar-refractivity contribution is 0.602. The Labute approximate surface area is 64.5 Å². The molecule has 54 valence electrons. The largest absolute Gasteiger partial charge is 0.398 e. The van der Waals surface area contributed by atoms with E-state index in [1.807, 2.05) is 0 Å². The van der Waals surface area contributed by atoms with E-state index >= 15 is 0 Å². The van der Waals surface area contributed by atoms with Crippen LogP contribution in [0.5, 0.6) is 0 Å². The Hall–Kier alpha value is -0.700. The Morgan fingerprint density at radius 1 is 1.50 bits per heavy atom. The molecule has 0 atom stereocenters. The van der Waals surface area contributed by atoms with Crippen LogP contribution < -0.4 is 5.73 Å². The molecule has 0 spiro atoms. The molecule has 0 aliphatic carbocycles. The van der Waals surface area contributed by atoms with Crippen molar-refractivity contribution in [1.82, 2.24) is 0 Å². The number of nitrogens with two attached hydrogens (primary N) is 1. The highest BCUT2D eigenvalue weighted by atomic mass is 32.1. The summed E-state index contributed by atoms with van der Waals surface area (Å²) in [6.45, 7) is 1.76. The van der Waals surface area contributed by atoms with Crippen LogP contribution in [0.15, 0.2) is 17.0 Å². The van der Waals surface area contributed by atoms with Gasteiger partial charge in [0.05, 0.1) is 0 Å². The van der Waals surface area contributed by atoms with Crippen LogP contribution in [0.3, 0.4) is 0 Å². The Balaban J connectivity index is 3.28. The average molecular weight is 157 g/mol. The first-order valence-corrected chi connectivity index (χ1v) is 3.30. The highest BCUT2D eigenvalue weighted by molar-refractivity contribution is 7.80. The van der Waals surface area contributed by atoms with Gasteiger partial charge in [0.2, 0.25) is 0 Å². The van der Waals surface area contributed by atoms with E-state index in [1.165, 1.54) is 12.1 Å². The standard InChI is InChI=1S/C7H8FNS/c1-4-2-5(8)7(10)3-6(4)9/h2-3,10H,9H2,1H3. The first kappa shape index (κ1) is 7.41. The van der Waals surface area contributed by atoms with E-state index in [0.29, 0.717) is 10.6 Å². The zero-order valence-corrected chi connectivity index (χ0v) is 6.45. The third-order valence-corrected chi connectivity index (χ3v) is 1.68. The van der Waals surface area contributed by atoms with Crippen LogP contribution in [0.4, 0.5) is 10.1 Å². The van der Waals surface area contributed by atoms with Gasteiger partial charge in [-0.05, 0) is 24.6 Å². The van der Waals surface area contributed by atoms with Crippen LogP contribution in [0.1, 0.15) is 5.56 Å². The predicted molar refractivity (Wildman–Crippen MR) is 42.8 cm³/mol. The van der Waals surface area contributed by atoms with E-state index in [-0.39, 0.29) is 5.82 Å². The third-order valence-electron chi connectivity index (χ3n) is 1.34. The summed E-state index contributed by atoms with van der Waals surface area (Å²) in [6, 6.07) is 2.88. The number of hydrogen-bond donors (Lipinski definition) is 2. The molecule has 0 radical (unpaired) electrons. The lowest BCUT2D eigenvalue weighted by atomic mass is 10.2. The molecule has 1 aromatic carbocycles. The number of nitrogen functional groups attached to an aromatic ring is 1. The fourth-order valence-corrected chi connectivity index (χ4v) is 0.881. The quantitative estimate of drug-likeness (QED) is 0.437. The minimum absolute atomic E-state index is 0.295. The molecule has 0 amide bonds. The van der Waals surface area contributed by atoms with Gasteiger partial charge in [-0.3, -0.25) is 0 Å². The van der Waals surface area contributed by atoms with Gasteiger partial charge >= 0.3 is 0 Å². The van der Waals surface area contributed by atoms with Crippen LogP contribution in [-0.4, -0.2) is 0 Å². The lowest BCUT2D eigenvalue weighted by Gasteiger charge is -2.00. The molecule has 0 aromatic heterocycles. The van der Waals surface area contributed by atoms with Crippen molar-refractivity contribution in [1.29, 1.82) is 0 Å². The zero-order chi connectivity index (χ0) is 7.72. The van der Waals surface area contributed by atoms with Crippen molar-refractivity contribution in [2.75, 3.05) is 5.73 Å². The van der Waals surface area contributed by atoms with Crippen LogP contribution in [0, 0.1) is 12.7 Å². The minimum atomic E-state index is -0.324. The molecule has 0 heterocycles. The van der Waals surface area contributed by atoms with Gasteiger partial charge < -0.3 is 5.73 Å². The van der Waals surface area contributed by atoms with Crippen LogP contribution in [-0.2, 0) is 0 Å². The van der Waals surface area contributed by atoms with Gasteiger partial charge in [-0.2, -0.15) is 0 Å². The molecule has 3 heteroatoms. The summed E-state index contributed by atoms with van der Waals surface area (Å²) >= 11 is 3.86. The summed E-state index contributed by atoms with van der Waals surface area (Å²) in [5.41, 5.74) is 6.80. The van der Waals surface area contributed by atoms with Crippen LogP contribution in [0.2, 0.25) is 0 Å². The number of rotatable bonds is 0. The highest BCUT2D eigenvalue weighted by Gasteiger charge is 2.00. The molecule has 0 bridgehead atoms. The van der Waals surface area contributed by atoms with Gasteiger partial charge in [0.1, 0.15) is 5.82 Å². The molecule has 10 heavy (non-hydrogen) atoms. The summed E-state index contributed by atoms with van der Waals surface area (Å²) < 4.78 is 12.6. The van der Waals surface area contributed by atoms with Gasteiger partial charge in [-0.25, -0.2) is 4.39 Å². The molecule has 0 fully saturated rings. The monoisotopic (exact) mass is 157 g/mol. The molecule has 0 unspecified atom stereocenters. The van der Waals surface area contributed by atoms with E-state index in [1.54, 1.807) is 6.92 Å². The fraction of sp³-hybridized carbons (Fsp3) is 0.143. The summed E-state index contributed by atoms with van der Waals surface area (Å²) in [7, 11) is 0. The van der Waals surface area contributed by atoms with Crippen molar-refractivity contribution in [3.8, 4) is 0 Å². The van der Waals surface area contributed by atoms with Gasteiger partial charge in [-0.15, -0.1) is 12.6 Å². The number of halogens is 1. The Kier molecular flexibility index (Phi) is 1.85. The van der Waals surface area contributed by atoms with E-state index in [2.05, 4.69) is 12.6 Å². The molecule has 0 aliphatic rings. The molecular formula is C7H8FNS. The topological polar surface area (TPSA) is 26.0 Å². The molecule has 1 rings (SSSR count). The number of hydrogen-bond acceptors (Lipinski definition) is 2. The zero-order valence-electron chi connectivity index (χ0n) is 5.56. The van der Waals surface area contributed by atoms with Crippen molar-refractivity contribution in [3.63, 3.8) is 0 Å². The van der Waals surface area contributed by atoms with E-state index < -0.39 is 0 Å². The molecule has 2 N–H and O–H groups in total. The maximum Gasteiger partial charge on any atom is 0.136 e. The second kappa shape index (κ2) is 2.50. The molecule has 1 aromatic rings. The first-order chi connectivity index (χ1) is 4.61. The van der Waals surface area contributed by atoms with E-state index in [0.717, 1.165) is 5.56 Å². The SMILES string of the molecule is Cc1cc(F)c(S)cc1N. The van der Waals surface area contributed by atoms with Gasteiger partial charge in [-0.1, -0.05) is 0 Å². The average Bonchev–Trinajstić information content (AvgIpc) is 1.84. The first-order valence-electron chi connectivity index (χ1n) is 2.86. The van der Waals surface area contributed by atoms with Crippen LogP contribution >= 0.6 is 12.6 Å². The van der Waals surface area contributed by atoms with E-state index in [9.17, 15) is 4.39 Å². The van der Waals surface area contributed by atoms with Gasteiger partial charge in [0.25, 0.3) is 0 Å². The highest BCUT2D eigenvalue weighted by Crippen LogP contribution is 2.19. The summed E-state index contributed by atoms with van der Waals surface area (Å²) in [5, 5.41) is 0. The Morgan fingerprint density at radius 3 is 2.60 bits per heavy atom. The Bertz CT molecular complexity index is 210. The second-order valence-electron chi connectivity index (χ2n) is 2.16. The molecule has 0 saturated carbocycles. The maximum absolute atomic E-state index is 12.6. The van der Waals surface area contributed by atoms with Crippen LogP contribution in [0.25, 0.3) is 0 Å². The van der Waals surface area contributed by atoms with Gasteiger partial charge in [0, 0.05) is 10.6 Å². The molecule has 0 saturated heterocycles. The van der Waals surface area contributed by atoms with Crippen molar-refractivity contribution >= 4 is 18.3 Å². The Morgan fingerprint density at radius 2 is 2.10 bits per heavy atom. The number of aryl methyl sites for hydroxylation is 1. The maximum atomic E-state index is 12.6. The third kappa shape index (κ3) is 1.24. The van der Waals surface area contributed by atoms with Gasteiger partial charge in [0.15, 0.2) is 0 Å². The van der Waals surface area contributed by atoms with Crippen molar-refractivity contribution in [3.05, 3.63) is 23.5 Å². The summed E-state index contributed by atoms with van der Waals surface area (Å²) in [4.78, 5) is 0.295. The molecule has 0 aliphatic heterocycles. The lowest BCUT2D eigenvalue weighted by Crippen LogP contribution is -1.90. The van der Waals surface area contributed by atoms with Crippen molar-refractivity contribution in [2.24, 2.45) is 0 Å². The number of anilines is 1. The van der Waals surface area contributed by atoms with E-state index in [4.69, 9.17) is 5.73 Å². The normalized spacial score (nSPS) is 9.90.